The monoisotopic (exact) mass is 288 g/mol. The number of fused-ring (bicyclic) bond motifs is 2. The lowest BCUT2D eigenvalue weighted by molar-refractivity contribution is -0.00887. The van der Waals surface area contributed by atoms with E-state index in [0.717, 1.165) is 18.1 Å². The Bertz CT molecular complexity index is 716. The Morgan fingerprint density at radius 3 is 2.95 bits per heavy atom. The molecule has 2 aromatic rings. The Kier molecular flexibility index (Phi) is 2.49. The van der Waals surface area contributed by atoms with Crippen LogP contribution in [0.15, 0.2) is 24.3 Å². The van der Waals surface area contributed by atoms with Gasteiger partial charge in [0, 0.05) is 6.54 Å². The zero-order chi connectivity index (χ0) is 13.9. The van der Waals surface area contributed by atoms with Crippen LogP contribution in [0.2, 0.25) is 5.15 Å². The van der Waals surface area contributed by atoms with Gasteiger partial charge in [0.25, 0.3) is 0 Å². The maximum absolute atomic E-state index is 6.05. The highest BCUT2D eigenvalue weighted by Gasteiger charge is 2.50. The van der Waals surface area contributed by atoms with Gasteiger partial charge in [-0.15, -0.1) is 0 Å². The molecule has 5 heteroatoms. The number of halogens is 1. The molecule has 104 valence electrons. The predicted molar refractivity (Wildman–Crippen MR) is 78.4 cm³/mol. The molecule has 0 radical (unpaired) electrons. The largest absolute Gasteiger partial charge is 0.311 e. The third kappa shape index (κ3) is 1.57. The van der Waals surface area contributed by atoms with E-state index in [2.05, 4.69) is 39.4 Å². The second-order valence-electron chi connectivity index (χ2n) is 6.53. The first kappa shape index (κ1) is 12.3. The molecule has 20 heavy (non-hydrogen) atoms. The SMILES string of the molecule is CC1(C)[C@H]2CC=C(Cn3cnc4c(Cl)ncnc43)[C@@H]1C2. The number of rotatable bonds is 2. The first-order valence-corrected chi connectivity index (χ1v) is 7.45. The van der Waals surface area contributed by atoms with Crippen molar-refractivity contribution in [3.05, 3.63) is 29.5 Å². The average Bonchev–Trinajstić information content (AvgIpc) is 2.83. The van der Waals surface area contributed by atoms with Gasteiger partial charge < -0.3 is 4.57 Å². The molecule has 0 spiro atoms. The smallest absolute Gasteiger partial charge is 0.165 e. The van der Waals surface area contributed by atoms with Crippen LogP contribution in [0.25, 0.3) is 11.2 Å². The molecule has 2 aromatic heterocycles. The van der Waals surface area contributed by atoms with Crippen molar-refractivity contribution < 1.29 is 0 Å². The molecular weight excluding hydrogens is 272 g/mol. The summed E-state index contributed by atoms with van der Waals surface area (Å²) in [6, 6.07) is 0. The van der Waals surface area contributed by atoms with Gasteiger partial charge in [0.05, 0.1) is 6.33 Å². The van der Waals surface area contributed by atoms with E-state index in [4.69, 9.17) is 11.6 Å². The Balaban J connectivity index is 1.69. The minimum atomic E-state index is 0.426. The van der Waals surface area contributed by atoms with Crippen molar-refractivity contribution in [2.45, 2.75) is 33.2 Å². The molecular formula is C15H17ClN4. The Labute approximate surface area is 122 Å². The van der Waals surface area contributed by atoms with Gasteiger partial charge in [0.1, 0.15) is 11.8 Å². The Morgan fingerprint density at radius 1 is 1.35 bits per heavy atom. The summed E-state index contributed by atoms with van der Waals surface area (Å²) in [7, 11) is 0. The molecule has 3 aliphatic rings. The molecule has 5 rings (SSSR count). The zero-order valence-electron chi connectivity index (χ0n) is 11.7. The fourth-order valence-corrected chi connectivity index (χ4v) is 4.00. The summed E-state index contributed by atoms with van der Waals surface area (Å²) in [5.41, 5.74) is 3.49. The zero-order valence-corrected chi connectivity index (χ0v) is 12.4. The lowest BCUT2D eigenvalue weighted by Gasteiger charge is -2.56. The summed E-state index contributed by atoms with van der Waals surface area (Å²) in [5.74, 6) is 1.57. The number of nitrogens with zero attached hydrogens (tertiary/aromatic N) is 4. The van der Waals surface area contributed by atoms with Crippen LogP contribution < -0.4 is 0 Å². The van der Waals surface area contributed by atoms with Gasteiger partial charge in [-0.05, 0) is 30.1 Å². The van der Waals surface area contributed by atoms with E-state index >= 15 is 0 Å². The van der Waals surface area contributed by atoms with E-state index in [-0.39, 0.29) is 0 Å². The first-order valence-electron chi connectivity index (χ1n) is 7.07. The lowest BCUT2D eigenvalue weighted by Crippen LogP contribution is -2.48. The normalized spacial score (nSPS) is 27.2. The van der Waals surface area contributed by atoms with E-state index in [1.165, 1.54) is 24.7 Å². The number of hydrogen-bond donors (Lipinski definition) is 0. The van der Waals surface area contributed by atoms with Crippen LogP contribution in [0.4, 0.5) is 0 Å². The maximum atomic E-state index is 6.05. The Hall–Kier alpha value is -1.42. The molecule has 1 saturated carbocycles. The van der Waals surface area contributed by atoms with Crippen molar-refractivity contribution in [3.8, 4) is 0 Å². The van der Waals surface area contributed by atoms with Gasteiger partial charge in [-0.3, -0.25) is 0 Å². The van der Waals surface area contributed by atoms with E-state index in [0.29, 0.717) is 22.0 Å². The number of allylic oxidation sites excluding steroid dienone is 2. The molecule has 0 unspecified atom stereocenters. The van der Waals surface area contributed by atoms with Crippen molar-refractivity contribution in [2.75, 3.05) is 0 Å². The number of imidazole rings is 1. The van der Waals surface area contributed by atoms with Crippen LogP contribution in [0.3, 0.4) is 0 Å². The van der Waals surface area contributed by atoms with Gasteiger partial charge in [-0.25, -0.2) is 15.0 Å². The minimum absolute atomic E-state index is 0.426. The fourth-order valence-electron chi connectivity index (χ4n) is 3.82. The van der Waals surface area contributed by atoms with Crippen molar-refractivity contribution in [1.82, 2.24) is 19.5 Å². The van der Waals surface area contributed by atoms with Crippen molar-refractivity contribution in [3.63, 3.8) is 0 Å². The minimum Gasteiger partial charge on any atom is -0.311 e. The third-order valence-electron chi connectivity index (χ3n) is 5.29. The van der Waals surface area contributed by atoms with Crippen LogP contribution >= 0.6 is 11.6 Å². The van der Waals surface area contributed by atoms with Crippen LogP contribution in [0.5, 0.6) is 0 Å². The highest BCUT2D eigenvalue weighted by Crippen LogP contribution is 2.59. The van der Waals surface area contributed by atoms with Gasteiger partial charge in [0.15, 0.2) is 10.8 Å². The molecule has 1 fully saturated rings. The second kappa shape index (κ2) is 4.04. The van der Waals surface area contributed by atoms with E-state index in [1.54, 1.807) is 0 Å². The van der Waals surface area contributed by atoms with E-state index < -0.39 is 0 Å². The summed E-state index contributed by atoms with van der Waals surface area (Å²) >= 11 is 6.05. The molecule has 2 atom stereocenters. The molecule has 0 N–H and O–H groups in total. The quantitative estimate of drug-likeness (QED) is 0.628. The van der Waals surface area contributed by atoms with Crippen LogP contribution in [-0.2, 0) is 6.54 Å². The van der Waals surface area contributed by atoms with Crippen molar-refractivity contribution in [2.24, 2.45) is 17.3 Å². The summed E-state index contributed by atoms with van der Waals surface area (Å²) in [6.45, 7) is 5.65. The molecule has 2 bridgehead atoms. The lowest BCUT2D eigenvalue weighted by atomic mass is 9.49. The summed E-state index contributed by atoms with van der Waals surface area (Å²) < 4.78 is 2.09. The first-order chi connectivity index (χ1) is 9.57. The average molecular weight is 289 g/mol. The standard InChI is InChI=1S/C15H17ClN4/c1-15(2)10-4-3-9(11(15)5-10)6-20-8-19-12-13(16)17-7-18-14(12)20/h3,7-8,10-11H,4-6H2,1-2H3/t10-,11-/m0/s1. The van der Waals surface area contributed by atoms with E-state index in [1.807, 2.05) is 6.33 Å². The van der Waals surface area contributed by atoms with Crippen molar-refractivity contribution in [1.29, 1.82) is 0 Å². The fraction of sp³-hybridized carbons (Fsp3) is 0.533. The van der Waals surface area contributed by atoms with Gasteiger partial charge >= 0.3 is 0 Å². The summed E-state index contributed by atoms with van der Waals surface area (Å²) in [6.07, 6.45) is 8.28. The van der Waals surface area contributed by atoms with Crippen molar-refractivity contribution >= 4 is 22.8 Å². The molecule has 0 saturated heterocycles. The third-order valence-corrected chi connectivity index (χ3v) is 5.57. The van der Waals surface area contributed by atoms with Crippen LogP contribution in [0, 0.1) is 17.3 Å². The maximum Gasteiger partial charge on any atom is 0.165 e. The van der Waals surface area contributed by atoms with Gasteiger partial charge in [0.2, 0.25) is 0 Å². The predicted octanol–water partition coefficient (Wildman–Crippen LogP) is 3.47. The van der Waals surface area contributed by atoms with Gasteiger partial charge in [-0.1, -0.05) is 37.1 Å². The molecule has 4 nitrogen and oxygen atoms in total. The number of hydrogen-bond acceptors (Lipinski definition) is 3. The van der Waals surface area contributed by atoms with Crippen LogP contribution in [-0.4, -0.2) is 19.5 Å². The molecule has 0 aliphatic heterocycles. The number of aromatic nitrogens is 4. The molecule has 0 amide bonds. The van der Waals surface area contributed by atoms with E-state index in [9.17, 15) is 0 Å². The molecule has 3 aliphatic carbocycles. The summed E-state index contributed by atoms with van der Waals surface area (Å²) in [4.78, 5) is 12.6. The molecule has 2 heterocycles. The molecule has 0 aromatic carbocycles. The highest BCUT2D eigenvalue weighted by atomic mass is 35.5. The van der Waals surface area contributed by atoms with Gasteiger partial charge in [-0.2, -0.15) is 0 Å². The van der Waals surface area contributed by atoms with Crippen LogP contribution in [0.1, 0.15) is 26.7 Å². The highest BCUT2D eigenvalue weighted by molar-refractivity contribution is 6.33. The second-order valence-corrected chi connectivity index (χ2v) is 6.89. The topological polar surface area (TPSA) is 43.6 Å². The Morgan fingerprint density at radius 2 is 2.20 bits per heavy atom. The summed E-state index contributed by atoms with van der Waals surface area (Å²) in [5, 5.41) is 0.426.